The first-order valence-electron chi connectivity index (χ1n) is 5.04. The molecule has 6 heteroatoms. The van der Waals surface area contributed by atoms with Crippen molar-refractivity contribution in [2.75, 3.05) is 5.32 Å². The minimum absolute atomic E-state index is 0.234. The lowest BCUT2D eigenvalue weighted by molar-refractivity contribution is 0.626. The minimum atomic E-state index is -0.234. The molecule has 0 aliphatic carbocycles. The average molecular weight is 221 g/mol. The molecular formula is C10H12FN5. The number of aryl methyl sites for hydroxylation is 1. The lowest BCUT2D eigenvalue weighted by Crippen LogP contribution is -2.07. The smallest absolute Gasteiger partial charge is 0.243 e. The lowest BCUT2D eigenvalue weighted by atomic mass is 10.2. The normalized spacial score (nSPS) is 10.4. The molecule has 0 spiro atoms. The fourth-order valence-corrected chi connectivity index (χ4v) is 1.33. The summed E-state index contributed by atoms with van der Waals surface area (Å²) in [5, 5.41) is 14.3. The third-order valence-electron chi connectivity index (χ3n) is 2.20. The van der Waals surface area contributed by atoms with Crippen molar-refractivity contribution in [1.82, 2.24) is 20.2 Å². The number of rotatable bonds is 4. The van der Waals surface area contributed by atoms with E-state index in [1.807, 2.05) is 6.92 Å². The summed E-state index contributed by atoms with van der Waals surface area (Å²) in [6.07, 6.45) is 0. The Morgan fingerprint density at radius 3 is 2.75 bits per heavy atom. The Hall–Kier alpha value is -1.98. The predicted molar refractivity (Wildman–Crippen MR) is 57.2 cm³/mol. The molecule has 0 atom stereocenters. The van der Waals surface area contributed by atoms with Gasteiger partial charge in [0, 0.05) is 13.1 Å². The van der Waals surface area contributed by atoms with Gasteiger partial charge in [-0.05, 0) is 35.0 Å². The number of tetrazole rings is 1. The third kappa shape index (κ3) is 2.33. The number of benzene rings is 1. The molecule has 16 heavy (non-hydrogen) atoms. The topological polar surface area (TPSA) is 55.6 Å². The Bertz CT molecular complexity index is 450. The van der Waals surface area contributed by atoms with Gasteiger partial charge in [0.05, 0.1) is 0 Å². The molecule has 1 heterocycles. The second-order valence-electron chi connectivity index (χ2n) is 3.30. The van der Waals surface area contributed by atoms with E-state index >= 15 is 0 Å². The molecule has 0 amide bonds. The Balaban J connectivity index is 1.99. The van der Waals surface area contributed by atoms with Crippen LogP contribution in [-0.2, 0) is 13.1 Å². The summed E-state index contributed by atoms with van der Waals surface area (Å²) >= 11 is 0. The molecule has 0 bridgehead atoms. The van der Waals surface area contributed by atoms with E-state index in [1.54, 1.807) is 16.8 Å². The van der Waals surface area contributed by atoms with Crippen molar-refractivity contribution in [3.05, 3.63) is 35.6 Å². The minimum Gasteiger partial charge on any atom is -0.349 e. The van der Waals surface area contributed by atoms with Gasteiger partial charge >= 0.3 is 0 Å². The van der Waals surface area contributed by atoms with Crippen molar-refractivity contribution in [1.29, 1.82) is 0 Å². The number of nitrogens with zero attached hydrogens (tertiary/aromatic N) is 4. The highest BCUT2D eigenvalue weighted by atomic mass is 19.1. The summed E-state index contributed by atoms with van der Waals surface area (Å²) in [6.45, 7) is 3.23. The van der Waals surface area contributed by atoms with Crippen LogP contribution < -0.4 is 5.32 Å². The van der Waals surface area contributed by atoms with E-state index in [0.717, 1.165) is 5.56 Å². The molecule has 0 saturated heterocycles. The SMILES string of the molecule is CCn1nnnc1NCc1ccc(F)cc1. The van der Waals surface area contributed by atoms with Gasteiger partial charge in [-0.1, -0.05) is 17.2 Å². The molecule has 1 aromatic carbocycles. The second kappa shape index (κ2) is 4.69. The maximum atomic E-state index is 12.7. The molecule has 0 aliphatic heterocycles. The third-order valence-corrected chi connectivity index (χ3v) is 2.20. The van der Waals surface area contributed by atoms with Gasteiger partial charge < -0.3 is 5.32 Å². The lowest BCUT2D eigenvalue weighted by Gasteiger charge is -2.05. The van der Waals surface area contributed by atoms with E-state index in [9.17, 15) is 4.39 Å². The largest absolute Gasteiger partial charge is 0.349 e. The molecule has 0 fully saturated rings. The van der Waals surface area contributed by atoms with Gasteiger partial charge in [0.25, 0.3) is 0 Å². The number of halogens is 1. The summed E-state index contributed by atoms with van der Waals surface area (Å²) in [5.41, 5.74) is 0.979. The highest BCUT2D eigenvalue weighted by Crippen LogP contribution is 2.06. The van der Waals surface area contributed by atoms with Gasteiger partial charge in [0.2, 0.25) is 5.95 Å². The zero-order valence-electron chi connectivity index (χ0n) is 8.89. The first kappa shape index (κ1) is 10.5. The molecule has 2 aromatic rings. The van der Waals surface area contributed by atoms with Gasteiger partial charge in [0.1, 0.15) is 5.82 Å². The van der Waals surface area contributed by atoms with Gasteiger partial charge in [-0.15, -0.1) is 0 Å². The molecule has 0 aliphatic rings. The van der Waals surface area contributed by atoms with Gasteiger partial charge in [-0.3, -0.25) is 0 Å². The van der Waals surface area contributed by atoms with E-state index < -0.39 is 0 Å². The molecular weight excluding hydrogens is 209 g/mol. The molecule has 84 valence electrons. The van der Waals surface area contributed by atoms with E-state index in [4.69, 9.17) is 0 Å². The zero-order valence-corrected chi connectivity index (χ0v) is 8.89. The fourth-order valence-electron chi connectivity index (χ4n) is 1.33. The van der Waals surface area contributed by atoms with Gasteiger partial charge in [-0.2, -0.15) is 0 Å². The first-order valence-corrected chi connectivity index (χ1v) is 5.04. The maximum absolute atomic E-state index is 12.7. The second-order valence-corrected chi connectivity index (χ2v) is 3.30. The van der Waals surface area contributed by atoms with E-state index in [1.165, 1.54) is 12.1 Å². The first-order chi connectivity index (χ1) is 7.79. The zero-order chi connectivity index (χ0) is 11.4. The van der Waals surface area contributed by atoms with Crippen molar-refractivity contribution in [3.8, 4) is 0 Å². The predicted octanol–water partition coefficient (Wildman–Crippen LogP) is 1.44. The molecule has 0 radical (unpaired) electrons. The van der Waals surface area contributed by atoms with Crippen LogP contribution in [0.5, 0.6) is 0 Å². The van der Waals surface area contributed by atoms with Crippen LogP contribution in [0.25, 0.3) is 0 Å². The van der Waals surface area contributed by atoms with Crippen LogP contribution in [-0.4, -0.2) is 20.2 Å². The Kier molecular flexibility index (Phi) is 3.09. The quantitative estimate of drug-likeness (QED) is 0.848. The van der Waals surface area contributed by atoms with Gasteiger partial charge in [-0.25, -0.2) is 9.07 Å². The highest BCUT2D eigenvalue weighted by Gasteiger charge is 2.02. The number of anilines is 1. The van der Waals surface area contributed by atoms with E-state index in [0.29, 0.717) is 19.0 Å². The van der Waals surface area contributed by atoms with Crippen molar-refractivity contribution in [3.63, 3.8) is 0 Å². The van der Waals surface area contributed by atoms with Crippen LogP contribution in [0.1, 0.15) is 12.5 Å². The van der Waals surface area contributed by atoms with Crippen LogP contribution >= 0.6 is 0 Å². The number of hydrogen-bond donors (Lipinski definition) is 1. The van der Waals surface area contributed by atoms with Gasteiger partial charge in [0.15, 0.2) is 0 Å². The fraction of sp³-hybridized carbons (Fsp3) is 0.300. The Labute approximate surface area is 92.3 Å². The number of aromatic nitrogens is 4. The Morgan fingerprint density at radius 1 is 1.31 bits per heavy atom. The molecule has 5 nitrogen and oxygen atoms in total. The summed E-state index contributed by atoms with van der Waals surface area (Å²) in [7, 11) is 0. The summed E-state index contributed by atoms with van der Waals surface area (Å²) in [5.74, 6) is 0.383. The average Bonchev–Trinajstić information content (AvgIpc) is 2.76. The molecule has 1 N–H and O–H groups in total. The number of nitrogens with one attached hydrogen (secondary N) is 1. The van der Waals surface area contributed by atoms with Crippen molar-refractivity contribution >= 4 is 5.95 Å². The molecule has 2 rings (SSSR count). The molecule has 0 unspecified atom stereocenters. The summed E-state index contributed by atoms with van der Waals surface area (Å²) < 4.78 is 14.3. The standard InChI is InChI=1S/C10H12FN5/c1-2-16-10(13-14-15-16)12-7-8-3-5-9(11)6-4-8/h3-6H,2,7H2,1H3,(H,12,13,15). The molecule has 1 aromatic heterocycles. The molecule has 0 saturated carbocycles. The van der Waals surface area contributed by atoms with Crippen molar-refractivity contribution in [2.24, 2.45) is 0 Å². The van der Waals surface area contributed by atoms with Crippen LogP contribution in [0.2, 0.25) is 0 Å². The van der Waals surface area contributed by atoms with Crippen molar-refractivity contribution in [2.45, 2.75) is 20.0 Å². The van der Waals surface area contributed by atoms with Crippen LogP contribution in [0.3, 0.4) is 0 Å². The van der Waals surface area contributed by atoms with E-state index in [2.05, 4.69) is 20.8 Å². The monoisotopic (exact) mass is 221 g/mol. The summed E-state index contributed by atoms with van der Waals surface area (Å²) in [6, 6.07) is 6.31. The highest BCUT2D eigenvalue weighted by molar-refractivity contribution is 5.26. The maximum Gasteiger partial charge on any atom is 0.243 e. The van der Waals surface area contributed by atoms with Crippen LogP contribution in [0.4, 0.5) is 10.3 Å². The Morgan fingerprint density at radius 2 is 2.06 bits per heavy atom. The summed E-state index contributed by atoms with van der Waals surface area (Å²) in [4.78, 5) is 0. The van der Waals surface area contributed by atoms with E-state index in [-0.39, 0.29) is 5.82 Å². The van der Waals surface area contributed by atoms with Crippen LogP contribution in [0, 0.1) is 5.82 Å². The van der Waals surface area contributed by atoms with Crippen LogP contribution in [0.15, 0.2) is 24.3 Å². The number of hydrogen-bond acceptors (Lipinski definition) is 4. The van der Waals surface area contributed by atoms with Crippen molar-refractivity contribution < 1.29 is 4.39 Å².